The second-order valence-electron chi connectivity index (χ2n) is 36.4. The Kier molecular flexibility index (Phi) is 35.9. The number of urea groups is 1. The number of carbonyl (C=O) groups is 11. The first-order valence-electron chi connectivity index (χ1n) is 46.8. The number of fused-ring (bicyclic) bond motifs is 3. The number of nitrogens with zero attached hydrogens (tertiary/aromatic N) is 9. The van der Waals surface area contributed by atoms with E-state index in [1.165, 1.54) is 63.7 Å². The number of nitrogens with two attached hydrogens (primary N) is 1. The van der Waals surface area contributed by atoms with Gasteiger partial charge in [-0.2, -0.15) is 39.5 Å². The lowest BCUT2D eigenvalue weighted by Gasteiger charge is -2.54. The third-order valence-electron chi connectivity index (χ3n) is 25.2. The van der Waals surface area contributed by atoms with Crippen LogP contribution in [-0.4, -0.2) is 225 Å². The number of benzene rings is 8. The lowest BCUT2D eigenvalue weighted by molar-refractivity contribution is -0.173. The number of hydrogen-bond donors (Lipinski definition) is 4. The smallest absolute Gasteiger partial charge is 0.416 e. The van der Waals surface area contributed by atoms with E-state index in [0.29, 0.717) is 74.2 Å². The molecule has 0 aromatic heterocycles. The third-order valence-corrected chi connectivity index (χ3v) is 25.2. The van der Waals surface area contributed by atoms with Crippen molar-refractivity contribution in [1.82, 2.24) is 60.0 Å². The van der Waals surface area contributed by atoms with Crippen LogP contribution in [0.3, 0.4) is 0 Å². The molecular weight excluding hydrogens is 1860 g/mol. The zero-order valence-corrected chi connectivity index (χ0v) is 80.1. The zero-order chi connectivity index (χ0) is 103. The van der Waals surface area contributed by atoms with E-state index in [-0.39, 0.29) is 125 Å². The molecule has 12 amide bonds. The Hall–Kier alpha value is -14.2. The molecule has 758 valence electrons. The molecule has 5 N–H and O–H groups in total. The van der Waals surface area contributed by atoms with Gasteiger partial charge in [0.05, 0.1) is 61.8 Å². The van der Waals surface area contributed by atoms with Crippen molar-refractivity contribution in [3.8, 4) is 5.75 Å². The summed E-state index contributed by atoms with van der Waals surface area (Å²) < 4.78 is 148. The van der Waals surface area contributed by atoms with Crippen molar-refractivity contribution < 1.29 is 116 Å². The standard InChI is InChI=1S/C37H42F3N5O6.C36H41F3N4O4.C31H35F3N4O6/c1-4-14-41-35(48)42-19-31-34(47)43(20-26-8-6-5-7-9-26)22-32-44(36(49)51-23-27-15-24(2)16-29(18-27)37(38,39)40)21-28(33(46)45(31)32)17-25-10-12-30(50-3)13-11-25;1-24-11-13-26(14-12-24)18-29-21-42(35(46)47-23-28-16-25(2)17-30(19-28)36(37,38)39)32-22-41(20-27-8-4-3-5-9-27)34(45)31(10-6-7-15-40)43(32)33(29)44;1-5-11-43-29(41)35-24-16-37(30(42)44-18-22-12-20(4)13-23(14-22)31(32,33)34)25-17-36(15-21-9-7-6-8-10-21)28(40)26(19(2)3)38(25)27(24)39/h5-13,15-16,18,28,31-32H,4,14,17,19-23H2,1-3H3,(H2,41,42,48);3-5,8-9,11-14,16-17,19,29,31-32H,6-7,10,15,18,20-23,40H2,1-2H3;5-10,12-14,19,24-26H,1,11,15-18H2,2-4H3,(H,35,41)/t28-,31-,32+;29-,31+,32-;24-,25+,26-/m010/s1. The minimum Gasteiger partial charge on any atom is -0.497 e. The fourth-order valence-corrected chi connectivity index (χ4v) is 18.4. The molecule has 8 aromatic rings. The number of amides is 12. The Bertz CT molecular complexity index is 5770. The molecule has 14 rings (SSSR count). The van der Waals surface area contributed by atoms with Gasteiger partial charge in [0, 0.05) is 45.8 Å². The Labute approximate surface area is 817 Å². The molecular formula is C104H118F9N13O16. The number of methoxy groups -OCH3 is 1. The topological polar surface area (TPSA) is 325 Å². The van der Waals surface area contributed by atoms with Gasteiger partial charge in [-0.25, -0.2) is 24.0 Å². The quantitative estimate of drug-likeness (QED) is 0.0146. The van der Waals surface area contributed by atoms with E-state index >= 15 is 0 Å². The number of hydrogen-bond acceptors (Lipinski definition) is 17. The van der Waals surface area contributed by atoms with Gasteiger partial charge >= 0.3 is 48.9 Å². The highest BCUT2D eigenvalue weighted by atomic mass is 19.4. The van der Waals surface area contributed by atoms with Gasteiger partial charge in [-0.1, -0.05) is 201 Å². The van der Waals surface area contributed by atoms with Gasteiger partial charge < -0.3 is 74.8 Å². The minimum atomic E-state index is -4.58. The number of ether oxygens (including phenoxy) is 5. The number of nitrogens with one attached hydrogen (secondary N) is 3. The van der Waals surface area contributed by atoms with Crippen LogP contribution in [0.2, 0.25) is 0 Å². The number of alkyl carbamates (subject to hydrolysis) is 1. The lowest BCUT2D eigenvalue weighted by atomic mass is 9.90. The number of carbonyl (C=O) groups excluding carboxylic acids is 11. The Morgan fingerprint density at radius 2 is 0.838 bits per heavy atom. The van der Waals surface area contributed by atoms with E-state index < -0.39 is 145 Å². The molecule has 0 spiro atoms. The van der Waals surface area contributed by atoms with Gasteiger partial charge in [0.25, 0.3) is 0 Å². The SMILES string of the molecule is C=CCOC(=O)N[C@H]1CN(C(=O)OCc2cc(C)cc(C(F)(F)F)c2)[C@H]2CN(Cc3ccccc3)C(=O)[C@H](C(C)C)N2C1=O.CCCNC(=O)NC[C@H]1C(=O)N(Cc2ccccc2)C[C@@H]2N(C(=O)OCc3cc(C)cc(C(F)(F)F)c3)C[C@H](Cc3ccc(OC)cc3)C(=O)N21.Cc1ccc(C[C@@H]2CN(C(=O)OCc3cc(C)cc(C(F)(F)F)c3)[C@H]3CN(Cc4ccccc4)C(=O)[C@H](CCCCN)N3C2=O)cc1. The summed E-state index contributed by atoms with van der Waals surface area (Å²) in [5.41, 5.74) is 10.1. The highest BCUT2D eigenvalue weighted by Gasteiger charge is 2.57. The van der Waals surface area contributed by atoms with Crippen molar-refractivity contribution in [3.05, 3.63) is 290 Å². The van der Waals surface area contributed by atoms with Crippen LogP contribution >= 0.6 is 0 Å². The summed E-state index contributed by atoms with van der Waals surface area (Å²) in [6.07, 6.45) is -15.7. The van der Waals surface area contributed by atoms with E-state index in [2.05, 4.69) is 22.5 Å². The molecule has 6 aliphatic rings. The van der Waals surface area contributed by atoms with Crippen LogP contribution in [0, 0.1) is 45.4 Å². The van der Waals surface area contributed by atoms with E-state index in [1.807, 2.05) is 129 Å². The molecule has 0 bridgehead atoms. The molecule has 29 nitrogen and oxygen atoms in total. The fraction of sp³-hybridized carbons (Fsp3) is 0.413. The lowest BCUT2D eigenvalue weighted by Crippen LogP contribution is -2.76. The normalized spacial score (nSPS) is 19.7. The number of unbranched alkanes of at least 4 members (excludes halogenated alkanes) is 1. The molecule has 6 heterocycles. The predicted octanol–water partition coefficient (Wildman–Crippen LogP) is 15.4. The van der Waals surface area contributed by atoms with Gasteiger partial charge in [0.2, 0.25) is 35.4 Å². The molecule has 0 radical (unpaired) electrons. The first kappa shape index (κ1) is 107. The predicted molar refractivity (Wildman–Crippen MR) is 505 cm³/mol. The van der Waals surface area contributed by atoms with Crippen molar-refractivity contribution in [1.29, 1.82) is 0 Å². The summed E-state index contributed by atoms with van der Waals surface area (Å²) in [4.78, 5) is 164. The molecule has 0 aliphatic carbocycles. The second kappa shape index (κ2) is 47.8. The number of rotatable bonds is 29. The average Bonchev–Trinajstić information content (AvgIpc) is 0.748. The van der Waals surface area contributed by atoms with E-state index in [0.717, 1.165) is 69.8 Å². The molecule has 142 heavy (non-hydrogen) atoms. The van der Waals surface area contributed by atoms with Crippen molar-refractivity contribution in [2.45, 2.75) is 188 Å². The largest absolute Gasteiger partial charge is 0.497 e. The molecule has 6 aliphatic heterocycles. The fourth-order valence-electron chi connectivity index (χ4n) is 18.4. The molecule has 0 unspecified atom stereocenters. The molecule has 8 aromatic carbocycles. The highest BCUT2D eigenvalue weighted by molar-refractivity contribution is 5.96. The van der Waals surface area contributed by atoms with Gasteiger partial charge in [-0.05, 0) is 172 Å². The zero-order valence-electron chi connectivity index (χ0n) is 80.1. The van der Waals surface area contributed by atoms with Crippen LogP contribution in [-0.2, 0) is 119 Å². The van der Waals surface area contributed by atoms with Crippen molar-refractivity contribution in [3.63, 3.8) is 0 Å². The third kappa shape index (κ3) is 27.5. The van der Waals surface area contributed by atoms with E-state index in [4.69, 9.17) is 29.4 Å². The summed E-state index contributed by atoms with van der Waals surface area (Å²) in [5.74, 6) is -3.28. The first-order valence-corrected chi connectivity index (χ1v) is 46.8. The average molecular weight is 1980 g/mol. The van der Waals surface area contributed by atoms with Crippen molar-refractivity contribution in [2.24, 2.45) is 23.5 Å². The molecule has 0 saturated carbocycles. The number of aryl methyl sites for hydroxylation is 4. The van der Waals surface area contributed by atoms with E-state index in [1.54, 1.807) is 70.7 Å². The van der Waals surface area contributed by atoms with Crippen molar-refractivity contribution in [2.75, 3.05) is 72.6 Å². The first-order chi connectivity index (χ1) is 67.6. The molecule has 9 atom stereocenters. The van der Waals surface area contributed by atoms with Crippen LogP contribution in [0.5, 0.6) is 5.75 Å². The van der Waals surface area contributed by atoms with Crippen molar-refractivity contribution >= 4 is 65.8 Å². The van der Waals surface area contributed by atoms with Gasteiger partial charge in [0.15, 0.2) is 0 Å². The van der Waals surface area contributed by atoms with Crippen LogP contribution in [0.15, 0.2) is 207 Å². The van der Waals surface area contributed by atoms with Crippen LogP contribution in [0.4, 0.5) is 63.5 Å². The Morgan fingerprint density at radius 3 is 1.23 bits per heavy atom. The van der Waals surface area contributed by atoms with Crippen LogP contribution in [0.1, 0.15) is 130 Å². The molecule has 6 saturated heterocycles. The second-order valence-corrected chi connectivity index (χ2v) is 36.4. The molecule has 6 fully saturated rings. The summed E-state index contributed by atoms with van der Waals surface area (Å²) in [6.45, 7) is 15.0. The number of piperazine rings is 3. The Balaban J connectivity index is 0.000000191. The van der Waals surface area contributed by atoms with E-state index in [9.17, 15) is 92.3 Å². The summed E-state index contributed by atoms with van der Waals surface area (Å²) in [5, 5.41) is 7.87. The maximum absolute atomic E-state index is 14.4. The van der Waals surface area contributed by atoms with Crippen LogP contribution in [0.25, 0.3) is 0 Å². The van der Waals surface area contributed by atoms with Gasteiger partial charge in [-0.15, -0.1) is 0 Å². The maximum atomic E-state index is 14.4. The van der Waals surface area contributed by atoms with Crippen LogP contribution < -0.4 is 26.4 Å². The number of alkyl halides is 9. The Morgan fingerprint density at radius 1 is 0.444 bits per heavy atom. The summed E-state index contributed by atoms with van der Waals surface area (Å²) in [6, 6.07) is 48.5. The molecule has 38 heteroatoms. The minimum absolute atomic E-state index is 0.0389. The number of halogens is 9. The summed E-state index contributed by atoms with van der Waals surface area (Å²) in [7, 11) is 1.54. The highest BCUT2D eigenvalue weighted by Crippen LogP contribution is 2.40. The van der Waals surface area contributed by atoms with Gasteiger partial charge in [-0.3, -0.25) is 43.5 Å². The van der Waals surface area contributed by atoms with Gasteiger partial charge in [0.1, 0.15) is 74.8 Å². The maximum Gasteiger partial charge on any atom is 0.416 e. The monoisotopic (exact) mass is 1980 g/mol. The summed E-state index contributed by atoms with van der Waals surface area (Å²) >= 11 is 0.